The molecule has 29 heavy (non-hydrogen) atoms. The number of benzene rings is 3. The van der Waals surface area contributed by atoms with Crippen molar-refractivity contribution in [3.63, 3.8) is 0 Å². The lowest BCUT2D eigenvalue weighted by Crippen LogP contribution is -2.20. The Hall–Kier alpha value is -2.55. The van der Waals surface area contributed by atoms with Crippen LogP contribution in [0.5, 0.6) is 0 Å². The van der Waals surface area contributed by atoms with Crippen molar-refractivity contribution in [2.24, 2.45) is 4.99 Å². The second-order valence-electron chi connectivity index (χ2n) is 7.04. The van der Waals surface area contributed by atoms with Crippen LogP contribution in [0.2, 0.25) is 5.02 Å². The first-order valence-corrected chi connectivity index (χ1v) is 9.94. The molecule has 3 aromatic rings. The summed E-state index contributed by atoms with van der Waals surface area (Å²) < 4.78 is 0. The molecular formula is C25H24Cl2N2. The van der Waals surface area contributed by atoms with E-state index in [1.54, 1.807) is 0 Å². The zero-order valence-electron chi connectivity index (χ0n) is 16.4. The van der Waals surface area contributed by atoms with Crippen molar-refractivity contribution in [3.05, 3.63) is 106 Å². The zero-order valence-corrected chi connectivity index (χ0v) is 18.0. The zero-order chi connectivity index (χ0) is 19.3. The molecule has 1 aliphatic rings. The summed E-state index contributed by atoms with van der Waals surface area (Å²) in [6.45, 7) is 1.73. The molecule has 0 fully saturated rings. The summed E-state index contributed by atoms with van der Waals surface area (Å²) in [5, 5.41) is 0.770. The lowest BCUT2D eigenvalue weighted by molar-refractivity contribution is 0.897. The number of benzodiazepines with no additional fused rings is 1. The first-order chi connectivity index (χ1) is 13.7. The fourth-order valence-corrected chi connectivity index (χ4v) is 3.67. The molecular weight excluding hydrogens is 399 g/mol. The summed E-state index contributed by atoms with van der Waals surface area (Å²) in [4.78, 5) is 7.10. The molecule has 4 rings (SSSR count). The van der Waals surface area contributed by atoms with Gasteiger partial charge in [-0.2, -0.15) is 0 Å². The summed E-state index contributed by atoms with van der Waals surface area (Å²) in [5.41, 5.74) is 7.23. The highest BCUT2D eigenvalue weighted by molar-refractivity contribution is 6.30. The Morgan fingerprint density at radius 1 is 0.931 bits per heavy atom. The minimum atomic E-state index is 0. The first-order valence-electron chi connectivity index (χ1n) is 9.56. The van der Waals surface area contributed by atoms with E-state index < -0.39 is 0 Å². The molecule has 0 unspecified atom stereocenters. The van der Waals surface area contributed by atoms with E-state index in [1.807, 2.05) is 12.1 Å². The van der Waals surface area contributed by atoms with Crippen LogP contribution in [-0.2, 0) is 6.42 Å². The number of hydrogen-bond donors (Lipinski definition) is 0. The van der Waals surface area contributed by atoms with E-state index >= 15 is 0 Å². The van der Waals surface area contributed by atoms with Gasteiger partial charge in [0, 0.05) is 29.9 Å². The highest BCUT2D eigenvalue weighted by Crippen LogP contribution is 2.24. The molecule has 0 atom stereocenters. The van der Waals surface area contributed by atoms with E-state index in [-0.39, 0.29) is 12.4 Å². The van der Waals surface area contributed by atoms with Gasteiger partial charge in [-0.1, -0.05) is 72.3 Å². The van der Waals surface area contributed by atoms with Crippen molar-refractivity contribution < 1.29 is 0 Å². The van der Waals surface area contributed by atoms with E-state index in [1.165, 1.54) is 27.9 Å². The molecule has 0 aromatic heterocycles. The third kappa shape index (κ3) is 5.09. The molecule has 4 heteroatoms. The van der Waals surface area contributed by atoms with Crippen LogP contribution in [-0.4, -0.2) is 25.8 Å². The highest BCUT2D eigenvalue weighted by atomic mass is 35.5. The average Bonchev–Trinajstić information content (AvgIpc) is 2.88. The summed E-state index contributed by atoms with van der Waals surface area (Å²) in [5.74, 6) is 0. The molecule has 2 nitrogen and oxygen atoms in total. The smallest absolute Gasteiger partial charge is 0.0668 e. The second-order valence-corrected chi connectivity index (χ2v) is 7.48. The topological polar surface area (TPSA) is 15.6 Å². The van der Waals surface area contributed by atoms with Crippen LogP contribution < -0.4 is 4.90 Å². The van der Waals surface area contributed by atoms with Gasteiger partial charge in [-0.25, -0.2) is 0 Å². The lowest BCUT2D eigenvalue weighted by Gasteiger charge is -2.18. The van der Waals surface area contributed by atoms with Gasteiger partial charge in [-0.05, 0) is 47.4 Å². The predicted molar refractivity (Wildman–Crippen MR) is 128 cm³/mol. The van der Waals surface area contributed by atoms with Crippen molar-refractivity contribution >= 4 is 41.5 Å². The maximum absolute atomic E-state index is 6.02. The molecule has 1 heterocycles. The number of hydrogen-bond acceptors (Lipinski definition) is 2. The van der Waals surface area contributed by atoms with Crippen LogP contribution in [0.4, 0.5) is 5.69 Å². The Labute approximate surface area is 184 Å². The van der Waals surface area contributed by atoms with Gasteiger partial charge in [-0.15, -0.1) is 12.4 Å². The van der Waals surface area contributed by atoms with E-state index in [4.69, 9.17) is 16.6 Å². The van der Waals surface area contributed by atoms with Crippen molar-refractivity contribution in [2.45, 2.75) is 6.42 Å². The van der Waals surface area contributed by atoms with E-state index in [0.717, 1.165) is 30.2 Å². The third-order valence-corrected chi connectivity index (χ3v) is 5.34. The number of allylic oxidation sites excluding steroid dienone is 1. The number of anilines is 1. The van der Waals surface area contributed by atoms with Gasteiger partial charge >= 0.3 is 0 Å². The Kier molecular flexibility index (Phi) is 7.13. The third-order valence-electron chi connectivity index (χ3n) is 5.09. The number of halogens is 2. The highest BCUT2D eigenvalue weighted by Gasteiger charge is 2.13. The van der Waals surface area contributed by atoms with Gasteiger partial charge in [0.25, 0.3) is 0 Å². The Balaban J connectivity index is 0.00000240. The molecule has 3 aromatic carbocycles. The quantitative estimate of drug-likeness (QED) is 0.481. The van der Waals surface area contributed by atoms with E-state index in [0.29, 0.717) is 0 Å². The number of rotatable bonds is 4. The average molecular weight is 423 g/mol. The standard InChI is InChI=1S/C25H23ClN2.ClH/c1-28-17-16-27-24(23-8-4-5-9-25(23)28)15-12-20-6-2-3-7-21(20)18-19-10-13-22(26)14-11-19;/h2-15H,16-18H2,1H3;1H/b15-12+;. The summed E-state index contributed by atoms with van der Waals surface area (Å²) in [7, 11) is 2.13. The molecule has 0 saturated heterocycles. The van der Waals surface area contributed by atoms with Crippen LogP contribution >= 0.6 is 24.0 Å². The molecule has 0 saturated carbocycles. The fourth-order valence-electron chi connectivity index (χ4n) is 3.54. The Morgan fingerprint density at radius 2 is 1.66 bits per heavy atom. The lowest BCUT2D eigenvalue weighted by atomic mass is 9.98. The largest absolute Gasteiger partial charge is 0.372 e. The fraction of sp³-hybridized carbons (Fsp3) is 0.160. The molecule has 0 bridgehead atoms. The Bertz CT molecular complexity index is 1020. The molecule has 0 spiro atoms. The monoisotopic (exact) mass is 422 g/mol. The number of fused-ring (bicyclic) bond motifs is 1. The number of nitrogens with zero attached hydrogens (tertiary/aromatic N) is 2. The van der Waals surface area contributed by atoms with Crippen molar-refractivity contribution in [1.82, 2.24) is 0 Å². The predicted octanol–water partition coefficient (Wildman–Crippen LogP) is 6.30. The minimum absolute atomic E-state index is 0. The van der Waals surface area contributed by atoms with E-state index in [2.05, 4.69) is 84.8 Å². The Morgan fingerprint density at radius 3 is 2.48 bits per heavy atom. The SMILES string of the molecule is CN1CCN=C(/C=C/c2ccccc2Cc2ccc(Cl)cc2)c2ccccc21.Cl. The molecule has 0 amide bonds. The number of para-hydroxylation sites is 1. The molecule has 0 radical (unpaired) electrons. The van der Waals surface area contributed by atoms with Crippen molar-refractivity contribution in [1.29, 1.82) is 0 Å². The van der Waals surface area contributed by atoms with Crippen molar-refractivity contribution in [3.8, 4) is 0 Å². The first kappa shape index (κ1) is 21.2. The molecule has 1 aliphatic heterocycles. The number of likely N-dealkylation sites (N-methyl/N-ethyl adjacent to an activating group) is 1. The summed E-state index contributed by atoms with van der Waals surface area (Å²) >= 11 is 6.02. The second kappa shape index (κ2) is 9.78. The summed E-state index contributed by atoms with van der Waals surface area (Å²) in [6, 6.07) is 25.1. The van der Waals surface area contributed by atoms with Crippen molar-refractivity contribution in [2.75, 3.05) is 25.0 Å². The summed E-state index contributed by atoms with van der Waals surface area (Å²) in [6.07, 6.45) is 5.22. The minimum Gasteiger partial charge on any atom is -0.372 e. The van der Waals surface area contributed by atoms with Crippen LogP contribution in [0.15, 0.2) is 83.9 Å². The van der Waals surface area contributed by atoms with Gasteiger partial charge < -0.3 is 4.90 Å². The van der Waals surface area contributed by atoms with E-state index in [9.17, 15) is 0 Å². The van der Waals surface area contributed by atoms with Crippen LogP contribution in [0.3, 0.4) is 0 Å². The molecule has 0 N–H and O–H groups in total. The van der Waals surface area contributed by atoms with Crippen LogP contribution in [0, 0.1) is 0 Å². The van der Waals surface area contributed by atoms with Gasteiger partial charge in [0.2, 0.25) is 0 Å². The van der Waals surface area contributed by atoms with Gasteiger partial charge in [0.1, 0.15) is 0 Å². The normalized spacial score (nSPS) is 13.4. The van der Waals surface area contributed by atoms with Gasteiger partial charge in [0.05, 0.1) is 12.3 Å². The maximum Gasteiger partial charge on any atom is 0.0668 e. The molecule has 148 valence electrons. The van der Waals surface area contributed by atoms with Crippen LogP contribution in [0.25, 0.3) is 6.08 Å². The number of aliphatic imine (C=N–C) groups is 1. The maximum atomic E-state index is 6.02. The van der Waals surface area contributed by atoms with Crippen LogP contribution in [0.1, 0.15) is 22.3 Å². The van der Waals surface area contributed by atoms with Gasteiger partial charge in [-0.3, -0.25) is 4.99 Å². The van der Waals surface area contributed by atoms with Gasteiger partial charge in [0.15, 0.2) is 0 Å². The molecule has 0 aliphatic carbocycles.